The Bertz CT molecular complexity index is 1020. The van der Waals surface area contributed by atoms with Crippen LogP contribution in [0.2, 0.25) is 0 Å². The highest BCUT2D eigenvalue weighted by Crippen LogP contribution is 2.49. The van der Waals surface area contributed by atoms with Gasteiger partial charge >= 0.3 is 0 Å². The van der Waals surface area contributed by atoms with E-state index in [2.05, 4.69) is 121 Å². The van der Waals surface area contributed by atoms with Gasteiger partial charge in [-0.1, -0.05) is 109 Å². The summed E-state index contributed by atoms with van der Waals surface area (Å²) in [5.74, 6) is 0.778. The van der Waals surface area contributed by atoms with Gasteiger partial charge in [-0.3, -0.25) is 0 Å². The van der Waals surface area contributed by atoms with E-state index in [1.54, 1.807) is 0 Å². The Morgan fingerprint density at radius 1 is 0.586 bits per heavy atom. The molecule has 0 saturated carbocycles. The summed E-state index contributed by atoms with van der Waals surface area (Å²) in [4.78, 5) is 0. The lowest BCUT2D eigenvalue weighted by Gasteiger charge is -2.27. The van der Waals surface area contributed by atoms with Gasteiger partial charge in [0.25, 0.3) is 0 Å². The summed E-state index contributed by atoms with van der Waals surface area (Å²) in [7, 11) is 0. The third-order valence-electron chi connectivity index (χ3n) is 6.13. The molecular weight excluding hydrogens is 350 g/mol. The number of para-hydroxylation sites is 1. The molecule has 1 nitrogen and oxygen atoms in total. The van der Waals surface area contributed by atoms with Gasteiger partial charge in [-0.05, 0) is 34.7 Å². The van der Waals surface area contributed by atoms with E-state index in [1.807, 2.05) is 0 Å². The predicted octanol–water partition coefficient (Wildman–Crippen LogP) is 7.16. The fourth-order valence-corrected chi connectivity index (χ4v) is 4.73. The Balaban J connectivity index is 1.57. The zero-order chi connectivity index (χ0) is 19.5. The topological polar surface area (TPSA) is 12.0 Å². The average Bonchev–Trinajstić information content (AvgIpc) is 3.17. The van der Waals surface area contributed by atoms with Crippen LogP contribution < -0.4 is 5.32 Å². The van der Waals surface area contributed by atoms with E-state index in [0.717, 1.165) is 6.42 Å². The zero-order valence-electron chi connectivity index (χ0n) is 16.4. The highest BCUT2D eigenvalue weighted by Gasteiger charge is 2.35. The van der Waals surface area contributed by atoms with Crippen LogP contribution in [0, 0.1) is 0 Å². The summed E-state index contributed by atoms with van der Waals surface area (Å²) in [5, 5.41) is 3.81. The van der Waals surface area contributed by atoms with Crippen molar-refractivity contribution in [1.82, 2.24) is 0 Å². The van der Waals surface area contributed by atoms with Crippen molar-refractivity contribution >= 4 is 5.69 Å². The van der Waals surface area contributed by atoms with Crippen molar-refractivity contribution in [2.24, 2.45) is 0 Å². The standard InChI is InChI=1S/C28H25N/c1-4-12-21(13-5-1)25(22-14-6-2-7-15-22)20-26-24-18-10-11-19-27(24)29-28(26)23-16-8-3-9-17-23/h1-19,25-26,28-29H,20H2/t26-,28+/m0/s1. The van der Waals surface area contributed by atoms with Crippen LogP contribution >= 0.6 is 0 Å². The molecule has 0 aromatic heterocycles. The van der Waals surface area contributed by atoms with Crippen LogP contribution in [0.25, 0.3) is 0 Å². The molecule has 1 aliphatic heterocycles. The second-order valence-electron chi connectivity index (χ2n) is 7.84. The summed E-state index contributed by atoms with van der Waals surface area (Å²) in [5.41, 5.74) is 6.82. The molecule has 0 fully saturated rings. The lowest BCUT2D eigenvalue weighted by molar-refractivity contribution is 0.536. The zero-order valence-corrected chi connectivity index (χ0v) is 16.4. The number of fused-ring (bicyclic) bond motifs is 1. The van der Waals surface area contributed by atoms with Crippen molar-refractivity contribution in [1.29, 1.82) is 0 Å². The molecule has 1 N–H and O–H groups in total. The van der Waals surface area contributed by atoms with E-state index >= 15 is 0 Å². The van der Waals surface area contributed by atoms with Gasteiger partial charge in [0.05, 0.1) is 6.04 Å². The van der Waals surface area contributed by atoms with Gasteiger partial charge in [-0.15, -0.1) is 0 Å². The Morgan fingerprint density at radius 3 is 1.72 bits per heavy atom. The number of anilines is 1. The smallest absolute Gasteiger partial charge is 0.0583 e. The molecule has 29 heavy (non-hydrogen) atoms. The van der Waals surface area contributed by atoms with Crippen LogP contribution in [0.1, 0.15) is 46.6 Å². The Kier molecular flexibility index (Phi) is 4.88. The van der Waals surface area contributed by atoms with Crippen LogP contribution in [0.5, 0.6) is 0 Å². The minimum Gasteiger partial charge on any atom is -0.377 e. The third kappa shape index (κ3) is 3.56. The third-order valence-corrected chi connectivity index (χ3v) is 6.13. The van der Waals surface area contributed by atoms with Crippen LogP contribution in [-0.4, -0.2) is 0 Å². The molecule has 2 atom stereocenters. The van der Waals surface area contributed by atoms with Crippen molar-refractivity contribution in [3.63, 3.8) is 0 Å². The summed E-state index contributed by atoms with van der Waals surface area (Å²) >= 11 is 0. The SMILES string of the molecule is c1ccc(C(C[C@H]2c3ccccc3N[C@@H]2c2ccccc2)c2ccccc2)cc1. The molecule has 5 rings (SSSR count). The molecule has 1 aliphatic rings. The molecule has 0 amide bonds. The number of hydrogen-bond donors (Lipinski definition) is 1. The second-order valence-corrected chi connectivity index (χ2v) is 7.84. The fraction of sp³-hybridized carbons (Fsp3) is 0.143. The highest BCUT2D eigenvalue weighted by molar-refractivity contribution is 5.61. The number of rotatable bonds is 5. The van der Waals surface area contributed by atoms with Gasteiger partial charge in [0, 0.05) is 17.5 Å². The van der Waals surface area contributed by atoms with Crippen molar-refractivity contribution in [3.05, 3.63) is 138 Å². The first-order valence-electron chi connectivity index (χ1n) is 10.4. The van der Waals surface area contributed by atoms with Gasteiger partial charge in [0.15, 0.2) is 0 Å². The van der Waals surface area contributed by atoms with Gasteiger partial charge < -0.3 is 5.32 Å². The maximum absolute atomic E-state index is 3.81. The maximum atomic E-state index is 3.81. The molecule has 4 aromatic rings. The predicted molar refractivity (Wildman–Crippen MR) is 121 cm³/mol. The molecule has 1 heteroatoms. The lowest BCUT2D eigenvalue weighted by Crippen LogP contribution is -2.15. The molecule has 0 unspecified atom stereocenters. The summed E-state index contributed by atoms with van der Waals surface area (Å²) in [6.07, 6.45) is 1.07. The molecule has 0 saturated heterocycles. The van der Waals surface area contributed by atoms with Crippen LogP contribution in [0.3, 0.4) is 0 Å². The van der Waals surface area contributed by atoms with Gasteiger partial charge in [0.1, 0.15) is 0 Å². The molecular formula is C28H25N. The minimum absolute atomic E-state index is 0.295. The van der Waals surface area contributed by atoms with E-state index in [9.17, 15) is 0 Å². The van der Waals surface area contributed by atoms with Gasteiger partial charge in [-0.2, -0.15) is 0 Å². The minimum atomic E-state index is 0.295. The van der Waals surface area contributed by atoms with Crippen molar-refractivity contribution in [2.45, 2.75) is 24.3 Å². The normalized spacial score (nSPS) is 17.7. The van der Waals surface area contributed by atoms with Crippen LogP contribution in [-0.2, 0) is 0 Å². The molecule has 0 aliphatic carbocycles. The molecule has 1 heterocycles. The van der Waals surface area contributed by atoms with E-state index in [4.69, 9.17) is 0 Å². The van der Waals surface area contributed by atoms with Gasteiger partial charge in [-0.25, -0.2) is 0 Å². The summed E-state index contributed by atoms with van der Waals surface area (Å²) < 4.78 is 0. The Labute approximate surface area is 173 Å². The average molecular weight is 376 g/mol. The first-order chi connectivity index (χ1) is 14.4. The maximum Gasteiger partial charge on any atom is 0.0583 e. The second kappa shape index (κ2) is 7.97. The summed E-state index contributed by atoms with van der Waals surface area (Å²) in [6.45, 7) is 0. The van der Waals surface area contributed by atoms with E-state index in [-0.39, 0.29) is 0 Å². The summed E-state index contributed by atoms with van der Waals surface area (Å²) in [6, 6.07) is 41.9. The first-order valence-corrected chi connectivity index (χ1v) is 10.4. The molecule has 142 valence electrons. The quantitative estimate of drug-likeness (QED) is 0.390. The molecule has 0 bridgehead atoms. The lowest BCUT2D eigenvalue weighted by atomic mass is 9.78. The monoisotopic (exact) mass is 375 g/mol. The van der Waals surface area contributed by atoms with Crippen molar-refractivity contribution in [2.75, 3.05) is 5.32 Å². The Morgan fingerprint density at radius 2 is 1.10 bits per heavy atom. The first kappa shape index (κ1) is 17.8. The van der Waals surface area contributed by atoms with Crippen molar-refractivity contribution in [3.8, 4) is 0 Å². The molecule has 0 spiro atoms. The van der Waals surface area contributed by atoms with Crippen LogP contribution in [0.4, 0.5) is 5.69 Å². The number of hydrogen-bond acceptors (Lipinski definition) is 1. The van der Waals surface area contributed by atoms with Crippen LogP contribution in [0.15, 0.2) is 115 Å². The molecule has 4 aromatic carbocycles. The highest BCUT2D eigenvalue weighted by atomic mass is 15.0. The van der Waals surface area contributed by atoms with E-state index < -0.39 is 0 Å². The number of nitrogens with one attached hydrogen (secondary N) is 1. The Hall–Kier alpha value is -3.32. The van der Waals surface area contributed by atoms with E-state index in [1.165, 1.54) is 27.9 Å². The molecule has 0 radical (unpaired) electrons. The van der Waals surface area contributed by atoms with E-state index in [0.29, 0.717) is 17.9 Å². The fourth-order valence-electron chi connectivity index (χ4n) is 4.73. The number of benzene rings is 4. The van der Waals surface area contributed by atoms with Gasteiger partial charge in [0.2, 0.25) is 0 Å². The van der Waals surface area contributed by atoms with Crippen molar-refractivity contribution < 1.29 is 0 Å². The largest absolute Gasteiger partial charge is 0.377 e.